The van der Waals surface area contributed by atoms with Gasteiger partial charge in [0.15, 0.2) is 0 Å². The number of rotatable bonds is 5. The third-order valence-electron chi connectivity index (χ3n) is 4.36. The molecule has 0 aliphatic heterocycles. The summed E-state index contributed by atoms with van der Waals surface area (Å²) in [5.41, 5.74) is 1.84. The lowest BCUT2D eigenvalue weighted by Gasteiger charge is -2.10. The zero-order chi connectivity index (χ0) is 20.2. The first-order chi connectivity index (χ1) is 14.2. The third kappa shape index (κ3) is 3.87. The van der Waals surface area contributed by atoms with Crippen LogP contribution in [0.3, 0.4) is 0 Å². The summed E-state index contributed by atoms with van der Waals surface area (Å²) in [4.78, 5) is 29.2. The number of benzene rings is 3. The van der Waals surface area contributed by atoms with Gasteiger partial charge in [0.25, 0.3) is 5.91 Å². The Bertz CT molecular complexity index is 1230. The van der Waals surface area contributed by atoms with Gasteiger partial charge in [-0.1, -0.05) is 24.3 Å². The highest BCUT2D eigenvalue weighted by Crippen LogP contribution is 2.23. The first-order valence-electron chi connectivity index (χ1n) is 9.19. The Morgan fingerprint density at radius 2 is 1.72 bits per heavy atom. The summed E-state index contributed by atoms with van der Waals surface area (Å²) in [6.45, 7) is 2.34. The topological polar surface area (TPSA) is 81.4 Å². The Hall–Kier alpha value is -3.93. The van der Waals surface area contributed by atoms with Crippen LogP contribution in [0, 0.1) is 0 Å². The molecule has 29 heavy (non-hydrogen) atoms. The molecule has 0 fully saturated rings. The fourth-order valence-corrected chi connectivity index (χ4v) is 2.97. The number of nitrogens with zero attached hydrogens (tertiary/aromatic N) is 1. The fraction of sp³-hybridized carbons (Fsp3) is 0.0870. The Morgan fingerprint density at radius 1 is 1.00 bits per heavy atom. The van der Waals surface area contributed by atoms with Gasteiger partial charge in [-0.05, 0) is 55.5 Å². The number of ether oxygens (including phenoxy) is 1. The van der Waals surface area contributed by atoms with E-state index in [0.717, 1.165) is 0 Å². The van der Waals surface area contributed by atoms with Crippen LogP contribution in [0.25, 0.3) is 22.4 Å². The molecule has 1 N–H and O–H groups in total. The van der Waals surface area contributed by atoms with Gasteiger partial charge in [-0.15, -0.1) is 0 Å². The summed E-state index contributed by atoms with van der Waals surface area (Å²) in [6.07, 6.45) is 0. The van der Waals surface area contributed by atoms with Crippen molar-refractivity contribution >= 4 is 22.5 Å². The molecule has 0 saturated carbocycles. The second kappa shape index (κ2) is 7.98. The summed E-state index contributed by atoms with van der Waals surface area (Å²) in [7, 11) is 0. The summed E-state index contributed by atoms with van der Waals surface area (Å²) >= 11 is 0. The first kappa shape index (κ1) is 18.4. The van der Waals surface area contributed by atoms with Gasteiger partial charge in [-0.2, -0.15) is 0 Å². The monoisotopic (exact) mass is 386 g/mol. The molecular formula is C23H18N2O4. The van der Waals surface area contributed by atoms with Crippen LogP contribution < -0.4 is 15.7 Å². The van der Waals surface area contributed by atoms with E-state index in [0.29, 0.717) is 40.1 Å². The van der Waals surface area contributed by atoms with Crippen molar-refractivity contribution in [3.8, 4) is 17.2 Å². The number of aromatic nitrogens is 1. The quantitative estimate of drug-likeness (QED) is 0.546. The maximum absolute atomic E-state index is 12.6. The van der Waals surface area contributed by atoms with Crippen LogP contribution in [-0.4, -0.2) is 17.5 Å². The molecule has 6 heteroatoms. The summed E-state index contributed by atoms with van der Waals surface area (Å²) in [6, 6.07) is 21.0. The second-order valence-corrected chi connectivity index (χ2v) is 6.28. The average molecular weight is 386 g/mol. The van der Waals surface area contributed by atoms with Crippen molar-refractivity contribution in [2.45, 2.75) is 6.92 Å². The number of fused-ring (bicyclic) bond motifs is 1. The van der Waals surface area contributed by atoms with Crippen LogP contribution in [0.1, 0.15) is 17.3 Å². The maximum Gasteiger partial charge on any atom is 0.347 e. The molecule has 144 valence electrons. The first-order valence-corrected chi connectivity index (χ1v) is 9.19. The number of amides is 1. The van der Waals surface area contributed by atoms with Crippen LogP contribution in [-0.2, 0) is 0 Å². The summed E-state index contributed by atoms with van der Waals surface area (Å²) < 4.78 is 10.8. The lowest BCUT2D eigenvalue weighted by molar-refractivity contribution is 0.102. The molecule has 0 spiro atoms. The molecule has 6 nitrogen and oxygen atoms in total. The Balaban J connectivity index is 1.57. The van der Waals surface area contributed by atoms with E-state index in [4.69, 9.17) is 9.15 Å². The molecule has 0 saturated heterocycles. The van der Waals surface area contributed by atoms with E-state index in [2.05, 4.69) is 10.3 Å². The molecule has 0 radical (unpaired) electrons. The zero-order valence-electron chi connectivity index (χ0n) is 15.7. The van der Waals surface area contributed by atoms with Crippen molar-refractivity contribution in [3.05, 3.63) is 88.8 Å². The van der Waals surface area contributed by atoms with Crippen LogP contribution in [0.5, 0.6) is 5.75 Å². The molecule has 0 aliphatic carbocycles. The smallest absolute Gasteiger partial charge is 0.347 e. The number of carbonyl (C=O) groups is 1. The third-order valence-corrected chi connectivity index (χ3v) is 4.36. The van der Waals surface area contributed by atoms with Crippen molar-refractivity contribution in [2.24, 2.45) is 0 Å². The molecule has 0 bridgehead atoms. The van der Waals surface area contributed by atoms with Crippen molar-refractivity contribution < 1.29 is 13.9 Å². The highest BCUT2D eigenvalue weighted by Gasteiger charge is 2.13. The fourth-order valence-electron chi connectivity index (χ4n) is 2.97. The van der Waals surface area contributed by atoms with E-state index in [1.165, 1.54) is 0 Å². The van der Waals surface area contributed by atoms with Gasteiger partial charge in [0.2, 0.25) is 5.89 Å². The Labute approximate surface area is 166 Å². The summed E-state index contributed by atoms with van der Waals surface area (Å²) in [5.74, 6) is 0.497. The highest BCUT2D eigenvalue weighted by atomic mass is 16.5. The molecule has 0 aliphatic rings. The SMILES string of the molecule is CCOc1ccccc1C(=O)Nc1ccc(-c2nc3ccccc3c(=O)o2)cc1. The lowest BCUT2D eigenvalue weighted by atomic mass is 10.1. The zero-order valence-corrected chi connectivity index (χ0v) is 15.7. The Kier molecular flexibility index (Phi) is 5.07. The summed E-state index contributed by atoms with van der Waals surface area (Å²) in [5, 5.41) is 3.28. The number of anilines is 1. The van der Waals surface area contributed by atoms with Gasteiger partial charge >= 0.3 is 5.63 Å². The average Bonchev–Trinajstić information content (AvgIpc) is 2.75. The molecule has 1 heterocycles. The molecule has 0 unspecified atom stereocenters. The van der Waals surface area contributed by atoms with E-state index in [9.17, 15) is 9.59 Å². The van der Waals surface area contributed by atoms with E-state index >= 15 is 0 Å². The molecule has 1 amide bonds. The van der Waals surface area contributed by atoms with E-state index in [1.54, 1.807) is 60.7 Å². The Morgan fingerprint density at radius 3 is 2.52 bits per heavy atom. The number of carbonyl (C=O) groups excluding carboxylic acids is 1. The largest absolute Gasteiger partial charge is 0.493 e. The van der Waals surface area contributed by atoms with Gasteiger partial charge in [0.05, 0.1) is 23.1 Å². The number of hydrogen-bond donors (Lipinski definition) is 1. The molecule has 1 aromatic heterocycles. The van der Waals surface area contributed by atoms with Gasteiger partial charge < -0.3 is 14.5 Å². The number of para-hydroxylation sites is 2. The minimum atomic E-state index is -0.435. The van der Waals surface area contributed by atoms with E-state index in [-0.39, 0.29) is 11.8 Å². The van der Waals surface area contributed by atoms with Gasteiger partial charge in [-0.3, -0.25) is 4.79 Å². The predicted octanol–water partition coefficient (Wildman–Crippen LogP) is 4.51. The predicted molar refractivity (Wildman–Crippen MR) is 111 cm³/mol. The van der Waals surface area contributed by atoms with Crippen LogP contribution in [0.15, 0.2) is 82.0 Å². The van der Waals surface area contributed by atoms with Gasteiger partial charge in [0.1, 0.15) is 5.75 Å². The molecule has 4 aromatic rings. The van der Waals surface area contributed by atoms with Crippen molar-refractivity contribution in [1.82, 2.24) is 4.98 Å². The second-order valence-electron chi connectivity index (χ2n) is 6.28. The normalized spacial score (nSPS) is 10.7. The number of nitrogens with one attached hydrogen (secondary N) is 1. The van der Waals surface area contributed by atoms with Crippen LogP contribution in [0.2, 0.25) is 0 Å². The minimum absolute atomic E-state index is 0.230. The molecule has 0 atom stereocenters. The maximum atomic E-state index is 12.6. The lowest BCUT2D eigenvalue weighted by Crippen LogP contribution is -2.13. The highest BCUT2D eigenvalue weighted by molar-refractivity contribution is 6.06. The molecular weight excluding hydrogens is 368 g/mol. The standard InChI is InChI=1S/C23H18N2O4/c1-2-28-20-10-6-4-8-18(20)21(26)24-16-13-11-15(12-14-16)22-25-19-9-5-3-7-17(19)23(27)29-22/h3-14H,2H2,1H3,(H,24,26). The van der Waals surface area contributed by atoms with E-state index in [1.807, 2.05) is 19.1 Å². The number of hydrogen-bond acceptors (Lipinski definition) is 5. The van der Waals surface area contributed by atoms with Crippen molar-refractivity contribution in [3.63, 3.8) is 0 Å². The van der Waals surface area contributed by atoms with Gasteiger partial charge in [-0.25, -0.2) is 9.78 Å². The molecule has 3 aromatic carbocycles. The van der Waals surface area contributed by atoms with E-state index < -0.39 is 5.63 Å². The van der Waals surface area contributed by atoms with Crippen LogP contribution >= 0.6 is 0 Å². The van der Waals surface area contributed by atoms with Crippen LogP contribution in [0.4, 0.5) is 5.69 Å². The molecule has 4 rings (SSSR count). The van der Waals surface area contributed by atoms with Crippen molar-refractivity contribution in [1.29, 1.82) is 0 Å². The minimum Gasteiger partial charge on any atom is -0.493 e. The van der Waals surface area contributed by atoms with Crippen molar-refractivity contribution in [2.75, 3.05) is 11.9 Å². The van der Waals surface area contributed by atoms with Gasteiger partial charge in [0, 0.05) is 11.3 Å².